The first kappa shape index (κ1) is 16.2. The molecule has 9 heteroatoms. The molecule has 1 fully saturated rings. The van der Waals surface area contributed by atoms with Gasteiger partial charge < -0.3 is 9.47 Å². The number of imidazole rings is 1. The summed E-state index contributed by atoms with van der Waals surface area (Å²) in [6.45, 7) is 7.36. The van der Waals surface area contributed by atoms with E-state index in [1.54, 1.807) is 11.8 Å². The van der Waals surface area contributed by atoms with Gasteiger partial charge in [-0.05, 0) is 31.8 Å². The first-order chi connectivity index (χ1) is 12.0. The van der Waals surface area contributed by atoms with E-state index in [0.717, 1.165) is 22.9 Å². The van der Waals surface area contributed by atoms with E-state index in [9.17, 15) is 9.59 Å². The Morgan fingerprint density at radius 1 is 1.24 bits per heavy atom. The number of aromatic nitrogens is 4. The predicted molar refractivity (Wildman–Crippen MR) is 93.3 cm³/mol. The molecule has 2 aromatic heterocycles. The number of nitrogens with zero attached hydrogens (tertiary/aromatic N) is 6. The Balaban J connectivity index is 1.88. The minimum Gasteiger partial charge on any atom is -0.333 e. The van der Waals surface area contributed by atoms with Crippen LogP contribution in [-0.2, 0) is 16.1 Å². The van der Waals surface area contributed by atoms with Gasteiger partial charge in [0.05, 0.1) is 11.7 Å². The Morgan fingerprint density at radius 2 is 2.04 bits per heavy atom. The van der Waals surface area contributed by atoms with E-state index in [0.29, 0.717) is 37.7 Å². The molecule has 0 aliphatic carbocycles. The summed E-state index contributed by atoms with van der Waals surface area (Å²) in [6, 6.07) is -0.134. The zero-order chi connectivity index (χ0) is 17.7. The summed E-state index contributed by atoms with van der Waals surface area (Å²) < 4.78 is 6.36. The predicted octanol–water partition coefficient (Wildman–Crippen LogP) is 1.76. The molecule has 2 aliphatic rings. The van der Waals surface area contributed by atoms with Crippen LogP contribution in [-0.4, -0.2) is 48.7 Å². The van der Waals surface area contributed by atoms with Crippen molar-refractivity contribution in [2.24, 2.45) is 0 Å². The molecule has 132 valence electrons. The van der Waals surface area contributed by atoms with Crippen molar-refractivity contribution in [3.8, 4) is 10.8 Å². The molecule has 1 atom stereocenters. The van der Waals surface area contributed by atoms with Gasteiger partial charge in [-0.2, -0.15) is 4.37 Å². The number of hydrogen-bond acceptors (Lipinski definition) is 6. The first-order valence-corrected chi connectivity index (χ1v) is 9.23. The van der Waals surface area contributed by atoms with Crippen LogP contribution >= 0.6 is 11.5 Å². The van der Waals surface area contributed by atoms with Crippen LogP contribution in [0.4, 0.5) is 5.82 Å². The number of fused-ring (bicyclic) bond motifs is 1. The summed E-state index contributed by atoms with van der Waals surface area (Å²) in [6.07, 6.45) is 1.38. The van der Waals surface area contributed by atoms with Crippen molar-refractivity contribution in [3.05, 3.63) is 11.5 Å². The molecule has 0 radical (unpaired) electrons. The van der Waals surface area contributed by atoms with Gasteiger partial charge >= 0.3 is 0 Å². The fraction of sp³-hybridized carbons (Fsp3) is 0.562. The topological polar surface area (TPSA) is 84.2 Å². The molecular weight excluding hydrogens is 340 g/mol. The first-order valence-electron chi connectivity index (χ1n) is 8.46. The molecule has 4 heterocycles. The lowest BCUT2D eigenvalue weighted by Gasteiger charge is -2.35. The summed E-state index contributed by atoms with van der Waals surface area (Å²) in [5, 5.41) is 0.750. The Morgan fingerprint density at radius 3 is 2.64 bits per heavy atom. The average molecular weight is 360 g/mol. The van der Waals surface area contributed by atoms with Gasteiger partial charge in [0, 0.05) is 33.0 Å². The van der Waals surface area contributed by atoms with Crippen LogP contribution < -0.4 is 4.90 Å². The number of hydrogen-bond donors (Lipinski definition) is 0. The summed E-state index contributed by atoms with van der Waals surface area (Å²) in [5.41, 5.74) is 0.916. The van der Waals surface area contributed by atoms with Gasteiger partial charge in [0.2, 0.25) is 11.8 Å². The van der Waals surface area contributed by atoms with Gasteiger partial charge in [0.1, 0.15) is 5.82 Å². The lowest BCUT2D eigenvalue weighted by atomic mass is 10.1. The molecule has 2 aromatic rings. The van der Waals surface area contributed by atoms with Crippen LogP contribution in [0, 0.1) is 6.92 Å². The number of carbonyl (C=O) groups is 2. The van der Waals surface area contributed by atoms with Crippen molar-refractivity contribution in [3.63, 3.8) is 0 Å². The third-order valence-corrected chi connectivity index (χ3v) is 5.67. The molecule has 0 N–H and O–H groups in total. The molecule has 2 aliphatic heterocycles. The smallest absolute Gasteiger partial charge is 0.228 e. The molecule has 0 aromatic carbocycles. The summed E-state index contributed by atoms with van der Waals surface area (Å²) in [7, 11) is 0. The van der Waals surface area contributed by atoms with E-state index in [1.807, 2.05) is 18.7 Å². The van der Waals surface area contributed by atoms with E-state index in [-0.39, 0.29) is 17.9 Å². The van der Waals surface area contributed by atoms with E-state index in [1.165, 1.54) is 11.5 Å². The van der Waals surface area contributed by atoms with Crippen molar-refractivity contribution < 1.29 is 9.59 Å². The lowest BCUT2D eigenvalue weighted by molar-refractivity contribution is -0.131. The standard InChI is InChI=1S/C16H20N6O2S/c1-9-13-14(21-6-4-5-12(21)24)18-15(16-17-10(2)19-25-16)22(13)8-7-20(9)11(3)23/h9H,4-8H2,1-3H3. The second-order valence-corrected chi connectivity index (χ2v) is 7.23. The number of carbonyl (C=O) groups excluding carboxylic acids is 2. The maximum atomic E-state index is 12.3. The molecule has 0 spiro atoms. The molecule has 0 saturated carbocycles. The van der Waals surface area contributed by atoms with E-state index in [4.69, 9.17) is 4.98 Å². The zero-order valence-electron chi connectivity index (χ0n) is 14.5. The summed E-state index contributed by atoms with van der Waals surface area (Å²) in [4.78, 5) is 37.1. The molecule has 4 rings (SSSR count). The van der Waals surface area contributed by atoms with Crippen LogP contribution in [0.3, 0.4) is 0 Å². The fourth-order valence-corrected chi connectivity index (χ4v) is 4.36. The molecular formula is C16H20N6O2S. The second kappa shape index (κ2) is 5.91. The molecule has 1 unspecified atom stereocenters. The number of rotatable bonds is 2. The molecule has 1 saturated heterocycles. The number of aryl methyl sites for hydroxylation is 1. The van der Waals surface area contributed by atoms with Crippen LogP contribution in [0.5, 0.6) is 0 Å². The SMILES string of the molecule is CC(=O)N1CCn2c(-c3nc(C)ns3)nc(N3CCCC3=O)c2C1C. The zero-order valence-corrected chi connectivity index (χ0v) is 15.3. The van der Waals surface area contributed by atoms with Gasteiger partial charge in [-0.3, -0.25) is 14.5 Å². The normalized spacial score (nSPS) is 20.3. The Bertz CT molecular complexity index is 857. The minimum absolute atomic E-state index is 0.0342. The molecule has 8 nitrogen and oxygen atoms in total. The van der Waals surface area contributed by atoms with E-state index >= 15 is 0 Å². The fourth-order valence-electron chi connectivity index (χ4n) is 3.69. The summed E-state index contributed by atoms with van der Waals surface area (Å²) >= 11 is 1.31. The average Bonchev–Trinajstić information content (AvgIpc) is 3.25. The highest BCUT2D eigenvalue weighted by molar-refractivity contribution is 7.09. The van der Waals surface area contributed by atoms with E-state index in [2.05, 4.69) is 13.9 Å². The van der Waals surface area contributed by atoms with Crippen molar-refractivity contribution in [1.82, 2.24) is 23.8 Å². The van der Waals surface area contributed by atoms with E-state index < -0.39 is 0 Å². The highest BCUT2D eigenvalue weighted by Crippen LogP contribution is 2.38. The number of amides is 2. The van der Waals surface area contributed by atoms with Gasteiger partial charge in [-0.25, -0.2) is 9.97 Å². The van der Waals surface area contributed by atoms with Crippen LogP contribution in [0.25, 0.3) is 10.8 Å². The van der Waals surface area contributed by atoms with Gasteiger partial charge in [-0.1, -0.05) is 0 Å². The molecule has 2 amide bonds. The molecule has 0 bridgehead atoms. The van der Waals surface area contributed by atoms with Gasteiger partial charge in [0.15, 0.2) is 16.6 Å². The summed E-state index contributed by atoms with van der Waals surface area (Å²) in [5.74, 6) is 2.25. The quantitative estimate of drug-likeness (QED) is 0.815. The van der Waals surface area contributed by atoms with Crippen molar-refractivity contribution in [2.75, 3.05) is 18.0 Å². The Hall–Kier alpha value is -2.29. The third-order valence-electron chi connectivity index (χ3n) is 4.87. The highest BCUT2D eigenvalue weighted by atomic mass is 32.1. The molecule has 25 heavy (non-hydrogen) atoms. The monoisotopic (exact) mass is 360 g/mol. The Labute approximate surface area is 149 Å². The van der Waals surface area contributed by atoms with Crippen molar-refractivity contribution in [2.45, 2.75) is 46.2 Å². The Kier molecular flexibility index (Phi) is 3.82. The minimum atomic E-state index is -0.134. The van der Waals surface area contributed by atoms with Crippen LogP contribution in [0.2, 0.25) is 0 Å². The largest absolute Gasteiger partial charge is 0.333 e. The lowest BCUT2D eigenvalue weighted by Crippen LogP contribution is -2.40. The second-order valence-electron chi connectivity index (χ2n) is 6.48. The van der Waals surface area contributed by atoms with Crippen molar-refractivity contribution >= 4 is 29.2 Å². The van der Waals surface area contributed by atoms with Crippen molar-refractivity contribution in [1.29, 1.82) is 0 Å². The van der Waals surface area contributed by atoms with Crippen LogP contribution in [0.15, 0.2) is 0 Å². The number of anilines is 1. The van der Waals surface area contributed by atoms with Crippen LogP contribution in [0.1, 0.15) is 44.2 Å². The maximum absolute atomic E-state index is 12.3. The van der Waals surface area contributed by atoms with Gasteiger partial charge in [-0.15, -0.1) is 0 Å². The third kappa shape index (κ3) is 2.53. The highest BCUT2D eigenvalue weighted by Gasteiger charge is 2.37. The van der Waals surface area contributed by atoms with Gasteiger partial charge in [0.25, 0.3) is 0 Å². The maximum Gasteiger partial charge on any atom is 0.228 e.